The molecular formula is C42H80NO8P. The number of hydrogen-bond acceptors (Lipinski definition) is 8. The molecule has 306 valence electrons. The van der Waals surface area contributed by atoms with Gasteiger partial charge in [0.1, 0.15) is 6.61 Å². The second-order valence-corrected chi connectivity index (χ2v) is 15.6. The first kappa shape index (κ1) is 50.5. The molecule has 0 saturated heterocycles. The molecule has 2 atom stereocenters. The first-order chi connectivity index (χ1) is 25.3. The lowest BCUT2D eigenvalue weighted by atomic mass is 10.1. The van der Waals surface area contributed by atoms with Gasteiger partial charge in [-0.2, -0.15) is 0 Å². The Hall–Kier alpha value is -1.51. The van der Waals surface area contributed by atoms with E-state index < -0.39 is 26.5 Å². The van der Waals surface area contributed by atoms with Gasteiger partial charge in [-0.25, -0.2) is 4.57 Å². The number of likely N-dealkylation sites (N-methyl/N-ethyl adjacent to an activating group) is 1. The maximum Gasteiger partial charge on any atom is 0.472 e. The van der Waals surface area contributed by atoms with Crippen molar-refractivity contribution in [1.82, 2.24) is 5.32 Å². The minimum atomic E-state index is -4.35. The predicted octanol–water partition coefficient (Wildman–Crippen LogP) is 11.9. The van der Waals surface area contributed by atoms with Gasteiger partial charge in [0.15, 0.2) is 6.10 Å². The number of carbonyl (C=O) groups excluding carboxylic acids is 2. The summed E-state index contributed by atoms with van der Waals surface area (Å²) in [5.74, 6) is -0.813. The molecule has 0 aromatic carbocycles. The standard InChI is InChI=1S/C42H80NO8P/c1-4-6-8-10-12-14-16-18-20-22-24-26-28-30-32-34-41(44)48-38-40(39-50-52(46,47)49-37-36-43-3)51-42(45)35-33-31-29-27-25-23-21-19-17-15-13-11-9-7-5-2/h14-17,40,43H,4-13,18-39H2,1-3H3,(H,46,47)/b16-14-,17-15-. The molecule has 0 heterocycles. The third-order valence-corrected chi connectivity index (χ3v) is 10.0. The number of allylic oxidation sites excluding steroid dienone is 4. The van der Waals surface area contributed by atoms with Gasteiger partial charge < -0.3 is 19.7 Å². The van der Waals surface area contributed by atoms with E-state index in [0.29, 0.717) is 13.0 Å². The van der Waals surface area contributed by atoms with E-state index in [1.807, 2.05) is 0 Å². The van der Waals surface area contributed by atoms with Crippen LogP contribution < -0.4 is 5.32 Å². The van der Waals surface area contributed by atoms with Crippen molar-refractivity contribution in [1.29, 1.82) is 0 Å². The van der Waals surface area contributed by atoms with Crippen molar-refractivity contribution < 1.29 is 37.6 Å². The van der Waals surface area contributed by atoms with Crippen LogP contribution in [0.15, 0.2) is 24.3 Å². The molecule has 0 radical (unpaired) electrons. The van der Waals surface area contributed by atoms with E-state index in [4.69, 9.17) is 18.5 Å². The van der Waals surface area contributed by atoms with Crippen molar-refractivity contribution >= 4 is 19.8 Å². The van der Waals surface area contributed by atoms with E-state index >= 15 is 0 Å². The summed E-state index contributed by atoms with van der Waals surface area (Å²) in [6.07, 6.45) is 39.3. The Labute approximate surface area is 319 Å². The fourth-order valence-electron chi connectivity index (χ4n) is 5.78. The smallest absolute Gasteiger partial charge is 0.462 e. The molecular weight excluding hydrogens is 677 g/mol. The average molecular weight is 758 g/mol. The van der Waals surface area contributed by atoms with Crippen LogP contribution >= 0.6 is 7.82 Å². The SMILES string of the molecule is CCCCCC/C=C\CCCCCCCCCC(=O)OCC(COP(=O)(O)OCCNC)OC(=O)CCCCCCCCC/C=C\CCCCCC. The van der Waals surface area contributed by atoms with Crippen molar-refractivity contribution in [2.75, 3.05) is 33.4 Å². The second-order valence-electron chi connectivity index (χ2n) is 14.2. The summed E-state index contributed by atoms with van der Waals surface area (Å²) >= 11 is 0. The van der Waals surface area contributed by atoms with E-state index in [2.05, 4.69) is 43.5 Å². The number of carbonyl (C=O) groups is 2. The van der Waals surface area contributed by atoms with Gasteiger partial charge in [0.2, 0.25) is 0 Å². The Morgan fingerprint density at radius 3 is 1.42 bits per heavy atom. The fraction of sp³-hybridized carbons (Fsp3) is 0.857. The van der Waals surface area contributed by atoms with Crippen molar-refractivity contribution in [3.05, 3.63) is 24.3 Å². The summed E-state index contributed by atoms with van der Waals surface area (Å²) in [5, 5.41) is 2.82. The molecule has 10 heteroatoms. The van der Waals surface area contributed by atoms with E-state index in [0.717, 1.165) is 51.4 Å². The molecule has 0 saturated carbocycles. The lowest BCUT2D eigenvalue weighted by molar-refractivity contribution is -0.161. The van der Waals surface area contributed by atoms with Gasteiger partial charge in [-0.3, -0.25) is 18.6 Å². The van der Waals surface area contributed by atoms with E-state index in [9.17, 15) is 19.0 Å². The zero-order valence-electron chi connectivity index (χ0n) is 33.8. The van der Waals surface area contributed by atoms with Crippen molar-refractivity contribution in [3.8, 4) is 0 Å². The Kier molecular flexibility index (Phi) is 38.1. The van der Waals surface area contributed by atoms with Crippen LogP contribution in [0.1, 0.15) is 194 Å². The zero-order valence-corrected chi connectivity index (χ0v) is 34.7. The van der Waals surface area contributed by atoms with Crippen LogP contribution in [0.25, 0.3) is 0 Å². The van der Waals surface area contributed by atoms with Gasteiger partial charge in [-0.15, -0.1) is 0 Å². The molecule has 0 spiro atoms. The fourth-order valence-corrected chi connectivity index (χ4v) is 6.53. The summed E-state index contributed by atoms with van der Waals surface area (Å²) in [6, 6.07) is 0. The number of unbranched alkanes of at least 4 members (excludes halogenated alkanes) is 22. The maximum absolute atomic E-state index is 12.6. The van der Waals surface area contributed by atoms with E-state index in [1.165, 1.54) is 109 Å². The molecule has 9 nitrogen and oxygen atoms in total. The van der Waals surface area contributed by atoms with E-state index in [1.54, 1.807) is 7.05 Å². The van der Waals surface area contributed by atoms with Crippen LogP contribution in [0.4, 0.5) is 0 Å². The van der Waals surface area contributed by atoms with Crippen LogP contribution in [0.3, 0.4) is 0 Å². The molecule has 0 aromatic rings. The largest absolute Gasteiger partial charge is 0.472 e. The van der Waals surface area contributed by atoms with Crippen molar-refractivity contribution in [2.45, 2.75) is 200 Å². The third kappa shape index (κ3) is 38.2. The number of esters is 2. The monoisotopic (exact) mass is 758 g/mol. The zero-order chi connectivity index (χ0) is 38.2. The first-order valence-electron chi connectivity index (χ1n) is 21.3. The Bertz CT molecular complexity index is 912. The highest BCUT2D eigenvalue weighted by molar-refractivity contribution is 7.47. The van der Waals surface area contributed by atoms with Gasteiger partial charge in [0.05, 0.1) is 13.2 Å². The van der Waals surface area contributed by atoms with Crippen LogP contribution in [-0.2, 0) is 32.7 Å². The third-order valence-electron chi connectivity index (χ3n) is 9.04. The summed E-state index contributed by atoms with van der Waals surface area (Å²) < 4.78 is 33.2. The number of hydrogen-bond donors (Lipinski definition) is 2. The molecule has 0 aliphatic carbocycles. The van der Waals surface area contributed by atoms with Crippen LogP contribution in [0, 0.1) is 0 Å². The molecule has 2 N–H and O–H groups in total. The van der Waals surface area contributed by atoms with Gasteiger partial charge in [-0.05, 0) is 71.3 Å². The van der Waals surface area contributed by atoms with E-state index in [-0.39, 0.29) is 32.0 Å². The average Bonchev–Trinajstić information content (AvgIpc) is 3.12. The number of rotatable bonds is 40. The highest BCUT2D eigenvalue weighted by Crippen LogP contribution is 2.43. The van der Waals surface area contributed by atoms with Gasteiger partial charge in [0, 0.05) is 19.4 Å². The molecule has 0 aliphatic heterocycles. The lowest BCUT2D eigenvalue weighted by Crippen LogP contribution is -2.29. The summed E-state index contributed by atoms with van der Waals surface area (Å²) in [6.45, 7) is 4.20. The number of ether oxygens (including phenoxy) is 2. The molecule has 0 bridgehead atoms. The van der Waals surface area contributed by atoms with Gasteiger partial charge in [0.25, 0.3) is 0 Å². The molecule has 52 heavy (non-hydrogen) atoms. The number of nitrogens with one attached hydrogen (secondary N) is 1. The molecule has 2 unspecified atom stereocenters. The Balaban J connectivity index is 4.23. The number of phosphoric acid groups is 1. The highest BCUT2D eigenvalue weighted by atomic mass is 31.2. The molecule has 0 aliphatic rings. The number of phosphoric ester groups is 1. The van der Waals surface area contributed by atoms with Gasteiger partial charge in [-0.1, -0.05) is 141 Å². The highest BCUT2D eigenvalue weighted by Gasteiger charge is 2.26. The molecule has 0 fully saturated rings. The summed E-state index contributed by atoms with van der Waals surface area (Å²) in [5.41, 5.74) is 0. The minimum Gasteiger partial charge on any atom is -0.462 e. The van der Waals surface area contributed by atoms with Crippen molar-refractivity contribution in [2.24, 2.45) is 0 Å². The molecule has 0 amide bonds. The van der Waals surface area contributed by atoms with Gasteiger partial charge >= 0.3 is 19.8 Å². The normalized spacial score (nSPS) is 13.5. The summed E-state index contributed by atoms with van der Waals surface area (Å²) in [4.78, 5) is 35.0. The summed E-state index contributed by atoms with van der Waals surface area (Å²) in [7, 11) is -2.65. The predicted molar refractivity (Wildman–Crippen MR) is 215 cm³/mol. The van der Waals surface area contributed by atoms with Crippen LogP contribution in [0.5, 0.6) is 0 Å². The van der Waals surface area contributed by atoms with Crippen LogP contribution in [-0.4, -0.2) is 56.3 Å². The second kappa shape index (κ2) is 39.2. The Morgan fingerprint density at radius 1 is 0.577 bits per heavy atom. The maximum atomic E-state index is 12.6. The quantitative estimate of drug-likeness (QED) is 0.0272. The first-order valence-corrected chi connectivity index (χ1v) is 22.8. The lowest BCUT2D eigenvalue weighted by Gasteiger charge is -2.20. The topological polar surface area (TPSA) is 120 Å². The Morgan fingerprint density at radius 2 is 0.981 bits per heavy atom. The molecule has 0 aromatic heterocycles. The van der Waals surface area contributed by atoms with Crippen molar-refractivity contribution in [3.63, 3.8) is 0 Å². The van der Waals surface area contributed by atoms with Crippen LogP contribution in [0.2, 0.25) is 0 Å². The minimum absolute atomic E-state index is 0.0173. The molecule has 0 rings (SSSR count).